The van der Waals surface area contributed by atoms with E-state index >= 15 is 0 Å². The van der Waals surface area contributed by atoms with E-state index in [-0.39, 0.29) is 6.03 Å². The number of carbonyl (C=O) groups is 1. The van der Waals surface area contributed by atoms with Gasteiger partial charge in [0.15, 0.2) is 0 Å². The smallest absolute Gasteiger partial charge is 0.320 e. The highest BCUT2D eigenvalue weighted by atomic mass is 16.2. The first-order valence-electron chi connectivity index (χ1n) is 6.24. The van der Waals surface area contributed by atoms with Gasteiger partial charge in [-0.25, -0.2) is 4.79 Å². The number of piperidine rings is 1. The minimum atomic E-state index is 0.284. The highest BCUT2D eigenvalue weighted by Gasteiger charge is 2.30. The summed E-state index contributed by atoms with van der Waals surface area (Å²) in [6.07, 6.45) is 4.80. The Hall–Kier alpha value is -0.730. The van der Waals surface area contributed by atoms with E-state index in [0.29, 0.717) is 12.0 Å². The zero-order valence-corrected chi connectivity index (χ0v) is 9.91. The van der Waals surface area contributed by atoms with Gasteiger partial charge in [0.25, 0.3) is 0 Å². The van der Waals surface area contributed by atoms with Crippen molar-refractivity contribution >= 4 is 6.03 Å². The molecule has 2 heterocycles. The third-order valence-electron chi connectivity index (χ3n) is 3.74. The molecule has 2 atom stereocenters. The van der Waals surface area contributed by atoms with E-state index in [1.807, 2.05) is 4.90 Å². The van der Waals surface area contributed by atoms with E-state index in [2.05, 4.69) is 18.7 Å². The van der Waals surface area contributed by atoms with E-state index in [1.165, 1.54) is 25.7 Å². The number of carbonyl (C=O) groups excluding carboxylic acids is 1. The Morgan fingerprint density at radius 3 is 2.47 bits per heavy atom. The SMILES string of the molecule is CC1CCC(C)N(C(=O)N2CCCC2)C1. The van der Waals surface area contributed by atoms with Crippen molar-refractivity contribution in [3.05, 3.63) is 0 Å². The van der Waals surface area contributed by atoms with Gasteiger partial charge in [0.05, 0.1) is 0 Å². The Kier molecular flexibility index (Phi) is 3.17. The lowest BCUT2D eigenvalue weighted by Crippen LogP contribution is -2.50. The van der Waals surface area contributed by atoms with Crippen molar-refractivity contribution in [2.24, 2.45) is 5.92 Å². The number of hydrogen-bond acceptors (Lipinski definition) is 1. The molecule has 0 aromatic carbocycles. The molecule has 15 heavy (non-hydrogen) atoms. The monoisotopic (exact) mass is 210 g/mol. The summed E-state index contributed by atoms with van der Waals surface area (Å²) in [4.78, 5) is 16.3. The van der Waals surface area contributed by atoms with Crippen molar-refractivity contribution in [1.82, 2.24) is 9.80 Å². The molecule has 86 valence electrons. The summed E-state index contributed by atoms with van der Waals surface area (Å²) >= 11 is 0. The highest BCUT2D eigenvalue weighted by Crippen LogP contribution is 2.23. The maximum absolute atomic E-state index is 12.2. The fraction of sp³-hybridized carbons (Fsp3) is 0.917. The maximum Gasteiger partial charge on any atom is 0.320 e. The third kappa shape index (κ3) is 2.27. The molecule has 0 radical (unpaired) electrons. The van der Waals surface area contributed by atoms with E-state index in [1.54, 1.807) is 0 Å². The Balaban J connectivity index is 1.97. The molecule has 0 aliphatic carbocycles. The van der Waals surface area contributed by atoms with Crippen molar-refractivity contribution in [3.63, 3.8) is 0 Å². The number of urea groups is 1. The summed E-state index contributed by atoms with van der Waals surface area (Å²) in [5.41, 5.74) is 0. The van der Waals surface area contributed by atoms with Crippen LogP contribution in [0.3, 0.4) is 0 Å². The predicted octanol–water partition coefficient (Wildman–Crippen LogP) is 2.32. The topological polar surface area (TPSA) is 23.6 Å². The van der Waals surface area contributed by atoms with E-state index < -0.39 is 0 Å². The third-order valence-corrected chi connectivity index (χ3v) is 3.74. The molecule has 2 fully saturated rings. The first kappa shape index (κ1) is 10.8. The molecule has 2 amide bonds. The molecule has 3 heteroatoms. The maximum atomic E-state index is 12.2. The van der Waals surface area contributed by atoms with Crippen molar-refractivity contribution in [2.75, 3.05) is 19.6 Å². The van der Waals surface area contributed by atoms with Crippen molar-refractivity contribution in [2.45, 2.75) is 45.6 Å². The van der Waals surface area contributed by atoms with Gasteiger partial charge in [-0.3, -0.25) is 0 Å². The predicted molar refractivity (Wildman–Crippen MR) is 60.8 cm³/mol. The van der Waals surface area contributed by atoms with Gasteiger partial charge in [-0.15, -0.1) is 0 Å². The second-order valence-electron chi connectivity index (χ2n) is 5.16. The second-order valence-corrected chi connectivity index (χ2v) is 5.16. The Bertz CT molecular complexity index is 236. The molecule has 2 aliphatic heterocycles. The van der Waals surface area contributed by atoms with Crippen LogP contribution in [-0.4, -0.2) is 41.5 Å². The van der Waals surface area contributed by atoms with Gasteiger partial charge in [-0.1, -0.05) is 6.92 Å². The van der Waals surface area contributed by atoms with Crippen LogP contribution in [0.1, 0.15) is 39.5 Å². The summed E-state index contributed by atoms with van der Waals surface area (Å²) in [6, 6.07) is 0.723. The average molecular weight is 210 g/mol. The van der Waals surface area contributed by atoms with Gasteiger partial charge in [0.2, 0.25) is 0 Å². The lowest BCUT2D eigenvalue weighted by molar-refractivity contribution is 0.111. The Labute approximate surface area is 92.4 Å². The van der Waals surface area contributed by atoms with Gasteiger partial charge in [0.1, 0.15) is 0 Å². The molecular weight excluding hydrogens is 188 g/mol. The Morgan fingerprint density at radius 1 is 1.13 bits per heavy atom. The zero-order chi connectivity index (χ0) is 10.8. The van der Waals surface area contributed by atoms with Crippen LogP contribution < -0.4 is 0 Å². The second kappa shape index (κ2) is 4.42. The van der Waals surface area contributed by atoms with Gasteiger partial charge < -0.3 is 9.80 Å². The van der Waals surface area contributed by atoms with E-state index in [0.717, 1.165) is 19.6 Å². The van der Waals surface area contributed by atoms with Crippen LogP contribution in [0.4, 0.5) is 4.79 Å². The molecule has 0 spiro atoms. The van der Waals surface area contributed by atoms with Gasteiger partial charge in [0, 0.05) is 25.7 Å². The molecule has 0 aromatic heterocycles. The van der Waals surface area contributed by atoms with Gasteiger partial charge >= 0.3 is 6.03 Å². The summed E-state index contributed by atoms with van der Waals surface area (Å²) < 4.78 is 0. The number of amides is 2. The first-order chi connectivity index (χ1) is 7.18. The zero-order valence-electron chi connectivity index (χ0n) is 9.91. The minimum Gasteiger partial charge on any atom is -0.325 e. The molecule has 2 rings (SSSR count). The molecule has 0 N–H and O–H groups in total. The van der Waals surface area contributed by atoms with Crippen LogP contribution in [-0.2, 0) is 0 Å². The first-order valence-corrected chi connectivity index (χ1v) is 6.24. The fourth-order valence-corrected chi connectivity index (χ4v) is 2.65. The highest BCUT2D eigenvalue weighted by molar-refractivity contribution is 5.75. The Morgan fingerprint density at radius 2 is 1.80 bits per heavy atom. The van der Waals surface area contributed by atoms with Crippen LogP contribution in [0.25, 0.3) is 0 Å². The standard InChI is InChI=1S/C12H22N2O/c1-10-5-6-11(2)14(9-10)12(15)13-7-3-4-8-13/h10-11H,3-9H2,1-2H3. The summed E-state index contributed by atoms with van der Waals surface area (Å²) in [5.74, 6) is 0.674. The minimum absolute atomic E-state index is 0.284. The fourth-order valence-electron chi connectivity index (χ4n) is 2.65. The van der Waals surface area contributed by atoms with Crippen molar-refractivity contribution in [3.8, 4) is 0 Å². The lowest BCUT2D eigenvalue weighted by Gasteiger charge is -2.38. The largest absolute Gasteiger partial charge is 0.325 e. The van der Waals surface area contributed by atoms with E-state index in [9.17, 15) is 4.79 Å². The van der Waals surface area contributed by atoms with Crippen LogP contribution in [0.5, 0.6) is 0 Å². The summed E-state index contributed by atoms with van der Waals surface area (Å²) in [7, 11) is 0. The van der Waals surface area contributed by atoms with Crippen LogP contribution in [0.15, 0.2) is 0 Å². The van der Waals surface area contributed by atoms with Crippen LogP contribution in [0.2, 0.25) is 0 Å². The molecule has 0 bridgehead atoms. The van der Waals surface area contributed by atoms with Gasteiger partial charge in [-0.05, 0) is 38.5 Å². The average Bonchev–Trinajstić information content (AvgIpc) is 2.74. The van der Waals surface area contributed by atoms with E-state index in [4.69, 9.17) is 0 Å². The number of nitrogens with zero attached hydrogens (tertiary/aromatic N) is 2. The number of hydrogen-bond donors (Lipinski definition) is 0. The molecule has 0 saturated carbocycles. The van der Waals surface area contributed by atoms with Crippen LogP contribution >= 0.6 is 0 Å². The summed E-state index contributed by atoms with van der Waals surface area (Å²) in [6.45, 7) is 7.32. The molecule has 0 aromatic rings. The molecule has 2 saturated heterocycles. The molecular formula is C12H22N2O. The number of rotatable bonds is 0. The summed E-state index contributed by atoms with van der Waals surface area (Å²) in [5, 5.41) is 0. The van der Waals surface area contributed by atoms with Gasteiger partial charge in [-0.2, -0.15) is 0 Å². The quantitative estimate of drug-likeness (QED) is 0.602. The van der Waals surface area contributed by atoms with Crippen molar-refractivity contribution < 1.29 is 4.79 Å². The number of likely N-dealkylation sites (tertiary alicyclic amines) is 2. The molecule has 2 aliphatic rings. The van der Waals surface area contributed by atoms with Crippen molar-refractivity contribution in [1.29, 1.82) is 0 Å². The molecule has 3 nitrogen and oxygen atoms in total. The lowest BCUT2D eigenvalue weighted by atomic mass is 9.95. The van der Waals surface area contributed by atoms with Crippen LogP contribution in [0, 0.1) is 5.92 Å². The normalized spacial score (nSPS) is 32.1. The molecule has 2 unspecified atom stereocenters.